The summed E-state index contributed by atoms with van der Waals surface area (Å²) in [6.45, 7) is 2.13. The van der Waals surface area contributed by atoms with Crippen molar-refractivity contribution < 1.29 is 9.53 Å². The predicted molar refractivity (Wildman–Crippen MR) is 73.0 cm³/mol. The third-order valence-electron chi connectivity index (χ3n) is 3.40. The first-order valence-electron chi connectivity index (χ1n) is 6.39. The minimum atomic E-state index is -0.415. The summed E-state index contributed by atoms with van der Waals surface area (Å²) in [7, 11) is 0. The second kappa shape index (κ2) is 6.10. The zero-order valence-corrected chi connectivity index (χ0v) is 11.2. The van der Waals surface area contributed by atoms with Crippen LogP contribution >= 0.6 is 11.6 Å². The van der Waals surface area contributed by atoms with Crippen LogP contribution in [0.4, 0.5) is 10.5 Å². The Hall–Kier alpha value is -1.22. The third-order valence-corrected chi connectivity index (χ3v) is 3.73. The van der Waals surface area contributed by atoms with E-state index in [0.717, 1.165) is 19.3 Å². The summed E-state index contributed by atoms with van der Waals surface area (Å²) in [6.07, 6.45) is 4.06. The molecule has 1 N–H and O–H groups in total. The Bertz CT molecular complexity index is 422. The molecule has 4 heteroatoms. The van der Waals surface area contributed by atoms with Gasteiger partial charge >= 0.3 is 6.09 Å². The second-order valence-corrected chi connectivity index (χ2v) is 5.22. The quantitative estimate of drug-likeness (QED) is 0.859. The van der Waals surface area contributed by atoms with Gasteiger partial charge in [-0.1, -0.05) is 37.1 Å². The van der Waals surface area contributed by atoms with Crippen LogP contribution in [0.3, 0.4) is 0 Å². The number of hydrogen-bond donors (Lipinski definition) is 1. The molecular weight excluding hydrogens is 250 g/mol. The molecule has 1 fully saturated rings. The lowest BCUT2D eigenvalue weighted by atomic mass is 9.88. The van der Waals surface area contributed by atoms with E-state index in [1.165, 1.54) is 6.42 Å². The number of anilines is 1. The molecule has 0 heterocycles. The molecule has 0 unspecified atom stereocenters. The van der Waals surface area contributed by atoms with E-state index >= 15 is 0 Å². The molecule has 0 spiro atoms. The van der Waals surface area contributed by atoms with Gasteiger partial charge in [-0.15, -0.1) is 0 Å². The summed E-state index contributed by atoms with van der Waals surface area (Å²) in [6, 6.07) is 7.14. The van der Waals surface area contributed by atoms with Gasteiger partial charge in [0, 0.05) is 0 Å². The lowest BCUT2D eigenvalue weighted by molar-refractivity contribution is 0.0524. The third kappa shape index (κ3) is 3.39. The maximum Gasteiger partial charge on any atom is 0.411 e. The Morgan fingerprint density at radius 2 is 2.06 bits per heavy atom. The molecule has 1 aliphatic rings. The molecule has 1 aromatic carbocycles. The van der Waals surface area contributed by atoms with Crippen LogP contribution in [0.5, 0.6) is 0 Å². The lowest BCUT2D eigenvalue weighted by Crippen LogP contribution is -2.30. The van der Waals surface area contributed by atoms with Gasteiger partial charge in [-0.3, -0.25) is 5.32 Å². The van der Waals surface area contributed by atoms with Crippen LogP contribution in [0.25, 0.3) is 0 Å². The largest absolute Gasteiger partial charge is 0.446 e. The normalized spacial score (nSPS) is 23.4. The van der Waals surface area contributed by atoms with Crippen molar-refractivity contribution in [3.8, 4) is 0 Å². The van der Waals surface area contributed by atoms with Gasteiger partial charge in [0.25, 0.3) is 0 Å². The summed E-state index contributed by atoms with van der Waals surface area (Å²) < 4.78 is 5.45. The molecule has 2 atom stereocenters. The molecule has 3 nitrogen and oxygen atoms in total. The zero-order chi connectivity index (χ0) is 13.0. The van der Waals surface area contributed by atoms with Crippen molar-refractivity contribution in [2.45, 2.75) is 38.7 Å². The van der Waals surface area contributed by atoms with E-state index in [1.54, 1.807) is 12.1 Å². The van der Waals surface area contributed by atoms with Gasteiger partial charge in [0.1, 0.15) is 6.10 Å². The molecule has 98 valence electrons. The second-order valence-electron chi connectivity index (χ2n) is 4.81. The SMILES string of the molecule is C[C@H]1CCCC[C@@H]1OC(=O)Nc1ccccc1Cl. The number of rotatable bonds is 2. The monoisotopic (exact) mass is 267 g/mol. The summed E-state index contributed by atoms with van der Waals surface area (Å²) in [5, 5.41) is 3.20. The number of para-hydroxylation sites is 1. The predicted octanol–water partition coefficient (Wildman–Crippen LogP) is 4.47. The van der Waals surface area contributed by atoms with Gasteiger partial charge in [0.2, 0.25) is 0 Å². The highest BCUT2D eigenvalue weighted by atomic mass is 35.5. The fourth-order valence-electron chi connectivity index (χ4n) is 2.30. The molecule has 1 saturated carbocycles. The maximum atomic E-state index is 11.8. The maximum absolute atomic E-state index is 11.8. The number of nitrogens with one attached hydrogen (secondary N) is 1. The van der Waals surface area contributed by atoms with E-state index in [9.17, 15) is 4.79 Å². The van der Waals surface area contributed by atoms with Crippen molar-refractivity contribution in [2.75, 3.05) is 5.32 Å². The van der Waals surface area contributed by atoms with Crippen LogP contribution in [-0.4, -0.2) is 12.2 Å². The van der Waals surface area contributed by atoms with E-state index in [-0.39, 0.29) is 6.10 Å². The van der Waals surface area contributed by atoms with Crippen LogP contribution in [-0.2, 0) is 4.74 Å². The van der Waals surface area contributed by atoms with E-state index in [1.807, 2.05) is 12.1 Å². The molecule has 0 saturated heterocycles. The number of carbonyl (C=O) groups is 1. The van der Waals surface area contributed by atoms with Crippen molar-refractivity contribution in [2.24, 2.45) is 5.92 Å². The standard InChI is InChI=1S/C14H18ClNO2/c1-10-6-2-5-9-13(10)18-14(17)16-12-8-4-3-7-11(12)15/h3-4,7-8,10,13H,2,5-6,9H2,1H3,(H,16,17)/t10-,13-/m0/s1. The Kier molecular flexibility index (Phi) is 4.48. The van der Waals surface area contributed by atoms with Crippen molar-refractivity contribution >= 4 is 23.4 Å². The number of carbonyl (C=O) groups excluding carboxylic acids is 1. The van der Waals surface area contributed by atoms with Crippen LogP contribution < -0.4 is 5.32 Å². The summed E-state index contributed by atoms with van der Waals surface area (Å²) in [5.74, 6) is 0.441. The van der Waals surface area contributed by atoms with Gasteiger partial charge in [-0.2, -0.15) is 0 Å². The van der Waals surface area contributed by atoms with Gasteiger partial charge in [0.15, 0.2) is 0 Å². The summed E-state index contributed by atoms with van der Waals surface area (Å²) >= 11 is 5.97. The number of hydrogen-bond acceptors (Lipinski definition) is 2. The molecular formula is C14H18ClNO2. The van der Waals surface area contributed by atoms with Crippen molar-refractivity contribution in [3.63, 3.8) is 0 Å². The van der Waals surface area contributed by atoms with E-state index in [4.69, 9.17) is 16.3 Å². The fourth-order valence-corrected chi connectivity index (χ4v) is 2.48. The number of amides is 1. The molecule has 0 radical (unpaired) electrons. The van der Waals surface area contributed by atoms with Gasteiger partial charge < -0.3 is 4.74 Å². The van der Waals surface area contributed by atoms with Crippen molar-refractivity contribution in [1.29, 1.82) is 0 Å². The number of halogens is 1. The highest BCUT2D eigenvalue weighted by Crippen LogP contribution is 2.27. The first kappa shape index (κ1) is 13.2. The number of benzene rings is 1. The first-order chi connectivity index (χ1) is 8.66. The van der Waals surface area contributed by atoms with Gasteiger partial charge in [0.05, 0.1) is 10.7 Å². The average Bonchev–Trinajstić information content (AvgIpc) is 2.35. The minimum Gasteiger partial charge on any atom is -0.446 e. The van der Waals surface area contributed by atoms with Crippen molar-refractivity contribution in [1.82, 2.24) is 0 Å². The molecule has 2 rings (SSSR count). The zero-order valence-electron chi connectivity index (χ0n) is 10.5. The Labute approximate surface area is 112 Å². The highest BCUT2D eigenvalue weighted by Gasteiger charge is 2.24. The topological polar surface area (TPSA) is 38.3 Å². The van der Waals surface area contributed by atoms with E-state index in [2.05, 4.69) is 12.2 Å². The highest BCUT2D eigenvalue weighted by molar-refractivity contribution is 6.33. The van der Waals surface area contributed by atoms with Gasteiger partial charge in [-0.05, 0) is 37.3 Å². The molecule has 1 aromatic rings. The smallest absolute Gasteiger partial charge is 0.411 e. The molecule has 0 aliphatic heterocycles. The Balaban J connectivity index is 1.90. The molecule has 1 amide bonds. The summed E-state index contributed by atoms with van der Waals surface area (Å²) in [4.78, 5) is 11.8. The van der Waals surface area contributed by atoms with Crippen LogP contribution in [0.2, 0.25) is 5.02 Å². The lowest BCUT2D eigenvalue weighted by Gasteiger charge is -2.28. The van der Waals surface area contributed by atoms with Crippen LogP contribution in [0.15, 0.2) is 24.3 Å². The average molecular weight is 268 g/mol. The van der Waals surface area contributed by atoms with E-state index in [0.29, 0.717) is 16.6 Å². The summed E-state index contributed by atoms with van der Waals surface area (Å²) in [5.41, 5.74) is 0.590. The Morgan fingerprint density at radius 3 is 2.78 bits per heavy atom. The fraction of sp³-hybridized carbons (Fsp3) is 0.500. The molecule has 1 aliphatic carbocycles. The van der Waals surface area contributed by atoms with Gasteiger partial charge in [-0.25, -0.2) is 4.79 Å². The molecule has 18 heavy (non-hydrogen) atoms. The van der Waals surface area contributed by atoms with Crippen LogP contribution in [0.1, 0.15) is 32.6 Å². The van der Waals surface area contributed by atoms with Crippen molar-refractivity contribution in [3.05, 3.63) is 29.3 Å². The molecule has 0 bridgehead atoms. The molecule has 0 aromatic heterocycles. The Morgan fingerprint density at radius 1 is 1.33 bits per heavy atom. The minimum absolute atomic E-state index is 0.0289. The number of ether oxygens (including phenoxy) is 1. The van der Waals surface area contributed by atoms with E-state index < -0.39 is 6.09 Å². The first-order valence-corrected chi connectivity index (χ1v) is 6.77. The van der Waals surface area contributed by atoms with Crippen LogP contribution in [0, 0.1) is 5.92 Å².